The number of nitrogens with one attached hydrogen (secondary N) is 2. The highest BCUT2D eigenvalue weighted by Gasteiger charge is 2.13. The first-order chi connectivity index (χ1) is 13.4. The molecule has 2 aromatic carbocycles. The van der Waals surface area contributed by atoms with Gasteiger partial charge in [-0.3, -0.25) is 0 Å². The molecule has 0 aliphatic rings. The van der Waals surface area contributed by atoms with E-state index in [1.165, 1.54) is 5.56 Å². The van der Waals surface area contributed by atoms with Gasteiger partial charge in [0.25, 0.3) is 0 Å². The number of aromatic nitrogens is 2. The van der Waals surface area contributed by atoms with Gasteiger partial charge in [0.05, 0.1) is 12.8 Å². The van der Waals surface area contributed by atoms with Gasteiger partial charge in [-0.1, -0.05) is 42.5 Å². The fourth-order valence-electron chi connectivity index (χ4n) is 2.88. The van der Waals surface area contributed by atoms with Gasteiger partial charge in [0.15, 0.2) is 0 Å². The molecule has 3 rings (SSSR count). The Balaban J connectivity index is 1.77. The van der Waals surface area contributed by atoms with Crippen LogP contribution in [-0.4, -0.2) is 29.2 Å². The van der Waals surface area contributed by atoms with Crippen LogP contribution in [0.3, 0.4) is 0 Å². The van der Waals surface area contributed by atoms with E-state index in [-0.39, 0.29) is 5.54 Å². The summed E-state index contributed by atoms with van der Waals surface area (Å²) in [7, 11) is 1.68. The minimum Gasteiger partial charge on any atom is -0.497 e. The molecule has 0 saturated carbocycles. The van der Waals surface area contributed by atoms with Gasteiger partial charge in [-0.25, -0.2) is 4.98 Å². The molecular weight excluding hydrogens is 348 g/mol. The van der Waals surface area contributed by atoms with E-state index in [1.54, 1.807) is 7.11 Å². The molecule has 0 atom stereocenters. The van der Waals surface area contributed by atoms with E-state index in [2.05, 4.69) is 60.7 Å². The SMILES string of the molecule is COc1cccc(CCNc2nc(NC(C)(C)C)cc(-c3ccccc3)n2)c1. The molecule has 0 radical (unpaired) electrons. The van der Waals surface area contributed by atoms with Crippen molar-refractivity contribution < 1.29 is 4.74 Å². The molecule has 5 nitrogen and oxygen atoms in total. The van der Waals surface area contributed by atoms with Crippen molar-refractivity contribution in [1.29, 1.82) is 0 Å². The van der Waals surface area contributed by atoms with E-state index in [4.69, 9.17) is 9.72 Å². The van der Waals surface area contributed by atoms with Gasteiger partial charge in [-0.05, 0) is 44.9 Å². The molecule has 3 aromatic rings. The van der Waals surface area contributed by atoms with Gasteiger partial charge in [0.2, 0.25) is 5.95 Å². The lowest BCUT2D eigenvalue weighted by molar-refractivity contribution is 0.414. The van der Waals surface area contributed by atoms with Crippen molar-refractivity contribution in [2.24, 2.45) is 0 Å². The molecule has 0 aliphatic heterocycles. The Morgan fingerprint density at radius 3 is 2.43 bits per heavy atom. The second kappa shape index (κ2) is 8.74. The van der Waals surface area contributed by atoms with Gasteiger partial charge in [-0.15, -0.1) is 0 Å². The minimum atomic E-state index is -0.0832. The molecule has 0 fully saturated rings. The first-order valence-corrected chi connectivity index (χ1v) is 9.52. The number of nitrogens with zero attached hydrogens (tertiary/aromatic N) is 2. The summed E-state index contributed by atoms with van der Waals surface area (Å²) < 4.78 is 5.29. The molecule has 0 saturated heterocycles. The zero-order valence-electron chi connectivity index (χ0n) is 17.0. The highest BCUT2D eigenvalue weighted by molar-refractivity contribution is 5.64. The highest BCUT2D eigenvalue weighted by Crippen LogP contribution is 2.23. The lowest BCUT2D eigenvalue weighted by Gasteiger charge is -2.22. The molecular formula is C23H28N4O. The molecule has 146 valence electrons. The summed E-state index contributed by atoms with van der Waals surface area (Å²) in [4.78, 5) is 9.36. The van der Waals surface area contributed by atoms with Crippen LogP contribution >= 0.6 is 0 Å². The number of methoxy groups -OCH3 is 1. The fourth-order valence-corrected chi connectivity index (χ4v) is 2.88. The average molecular weight is 377 g/mol. The van der Waals surface area contributed by atoms with Crippen molar-refractivity contribution in [2.45, 2.75) is 32.7 Å². The van der Waals surface area contributed by atoms with E-state index in [1.807, 2.05) is 36.4 Å². The largest absolute Gasteiger partial charge is 0.497 e. The molecule has 5 heteroatoms. The number of hydrogen-bond donors (Lipinski definition) is 2. The molecule has 0 aliphatic carbocycles. The van der Waals surface area contributed by atoms with Gasteiger partial charge in [0, 0.05) is 23.7 Å². The number of anilines is 2. The maximum absolute atomic E-state index is 5.29. The predicted octanol–water partition coefficient (Wildman–Crippen LogP) is 5.02. The zero-order valence-corrected chi connectivity index (χ0v) is 17.0. The van der Waals surface area contributed by atoms with Gasteiger partial charge in [0.1, 0.15) is 11.6 Å². The van der Waals surface area contributed by atoms with Crippen LogP contribution in [0.5, 0.6) is 5.75 Å². The number of rotatable bonds is 7. The Labute approximate surface area is 167 Å². The predicted molar refractivity (Wildman–Crippen MR) is 116 cm³/mol. The van der Waals surface area contributed by atoms with E-state index in [9.17, 15) is 0 Å². The zero-order chi connectivity index (χ0) is 20.0. The van der Waals surface area contributed by atoms with Gasteiger partial charge in [-0.2, -0.15) is 4.98 Å². The minimum absolute atomic E-state index is 0.0832. The quantitative estimate of drug-likeness (QED) is 0.606. The molecule has 0 amide bonds. The van der Waals surface area contributed by atoms with Crippen molar-refractivity contribution in [3.63, 3.8) is 0 Å². The van der Waals surface area contributed by atoms with Crippen LogP contribution in [-0.2, 0) is 6.42 Å². The summed E-state index contributed by atoms with van der Waals surface area (Å²) in [5, 5.41) is 6.81. The van der Waals surface area contributed by atoms with Crippen molar-refractivity contribution in [3.8, 4) is 17.0 Å². The Hall–Kier alpha value is -3.08. The molecule has 1 heterocycles. The van der Waals surface area contributed by atoms with Crippen LogP contribution in [0.2, 0.25) is 0 Å². The second-order valence-electron chi connectivity index (χ2n) is 7.73. The fraction of sp³-hybridized carbons (Fsp3) is 0.304. The van der Waals surface area contributed by atoms with Crippen LogP contribution in [0.25, 0.3) is 11.3 Å². The number of ether oxygens (including phenoxy) is 1. The lowest BCUT2D eigenvalue weighted by Crippen LogP contribution is -2.27. The Kier molecular flexibility index (Phi) is 6.14. The van der Waals surface area contributed by atoms with Crippen molar-refractivity contribution in [2.75, 3.05) is 24.3 Å². The molecule has 0 bridgehead atoms. The molecule has 0 spiro atoms. The Morgan fingerprint density at radius 1 is 0.929 bits per heavy atom. The lowest BCUT2D eigenvalue weighted by atomic mass is 10.1. The van der Waals surface area contributed by atoms with Crippen molar-refractivity contribution in [3.05, 3.63) is 66.2 Å². The summed E-state index contributed by atoms with van der Waals surface area (Å²) in [5.41, 5.74) is 3.09. The third kappa shape index (κ3) is 5.71. The maximum Gasteiger partial charge on any atom is 0.225 e. The molecule has 1 aromatic heterocycles. The smallest absolute Gasteiger partial charge is 0.225 e. The van der Waals surface area contributed by atoms with E-state index in [0.29, 0.717) is 5.95 Å². The van der Waals surface area contributed by atoms with Crippen LogP contribution in [0.1, 0.15) is 26.3 Å². The first kappa shape index (κ1) is 19.7. The average Bonchev–Trinajstić information content (AvgIpc) is 2.67. The van der Waals surface area contributed by atoms with E-state index in [0.717, 1.165) is 35.8 Å². The van der Waals surface area contributed by atoms with Crippen LogP contribution < -0.4 is 15.4 Å². The van der Waals surface area contributed by atoms with Crippen molar-refractivity contribution >= 4 is 11.8 Å². The van der Waals surface area contributed by atoms with E-state index < -0.39 is 0 Å². The van der Waals surface area contributed by atoms with Gasteiger partial charge >= 0.3 is 0 Å². The third-order valence-corrected chi connectivity index (χ3v) is 4.13. The molecule has 2 N–H and O–H groups in total. The summed E-state index contributed by atoms with van der Waals surface area (Å²) in [6.45, 7) is 7.09. The Morgan fingerprint density at radius 2 is 1.71 bits per heavy atom. The van der Waals surface area contributed by atoms with E-state index >= 15 is 0 Å². The second-order valence-corrected chi connectivity index (χ2v) is 7.73. The molecule has 28 heavy (non-hydrogen) atoms. The van der Waals surface area contributed by atoms with Crippen LogP contribution in [0.15, 0.2) is 60.7 Å². The number of hydrogen-bond acceptors (Lipinski definition) is 5. The topological polar surface area (TPSA) is 59.1 Å². The maximum atomic E-state index is 5.29. The normalized spacial score (nSPS) is 11.1. The summed E-state index contributed by atoms with van der Waals surface area (Å²) >= 11 is 0. The summed E-state index contributed by atoms with van der Waals surface area (Å²) in [6, 6.07) is 20.3. The molecule has 0 unspecified atom stereocenters. The standard InChI is InChI=1S/C23H28N4O/c1-23(2,3)27-21-16-20(18-10-6-5-7-11-18)25-22(26-21)24-14-13-17-9-8-12-19(15-17)28-4/h5-12,15-16H,13-14H2,1-4H3,(H2,24,25,26,27). The van der Waals surface area contributed by atoms with Gasteiger partial charge < -0.3 is 15.4 Å². The summed E-state index contributed by atoms with van der Waals surface area (Å²) in [5.74, 6) is 2.30. The van der Waals surface area contributed by atoms with Crippen LogP contribution in [0.4, 0.5) is 11.8 Å². The van der Waals surface area contributed by atoms with Crippen LogP contribution in [0, 0.1) is 0 Å². The highest BCUT2D eigenvalue weighted by atomic mass is 16.5. The Bertz CT molecular complexity index is 904. The third-order valence-electron chi connectivity index (χ3n) is 4.13. The van der Waals surface area contributed by atoms with Crippen molar-refractivity contribution in [1.82, 2.24) is 9.97 Å². The monoisotopic (exact) mass is 376 g/mol. The first-order valence-electron chi connectivity index (χ1n) is 9.52. The summed E-state index contributed by atoms with van der Waals surface area (Å²) in [6.07, 6.45) is 0.859. The number of benzene rings is 2.